The number of aromatic amines is 1. The number of H-pyrrole nitrogens is 1. The van der Waals surface area contributed by atoms with Crippen LogP contribution in [0.25, 0.3) is 11.2 Å². The molecule has 0 spiro atoms. The van der Waals surface area contributed by atoms with Crippen molar-refractivity contribution in [2.24, 2.45) is 5.10 Å². The van der Waals surface area contributed by atoms with Crippen molar-refractivity contribution >= 4 is 17.9 Å². The second kappa shape index (κ2) is 7.25. The highest BCUT2D eigenvalue weighted by Gasteiger charge is 2.19. The van der Waals surface area contributed by atoms with Crippen molar-refractivity contribution in [1.29, 1.82) is 5.26 Å². The molecule has 2 aromatic heterocycles. The van der Waals surface area contributed by atoms with Crippen molar-refractivity contribution in [1.82, 2.24) is 19.6 Å². The Morgan fingerprint density at radius 2 is 2.28 bits per heavy atom. The van der Waals surface area contributed by atoms with E-state index in [1.165, 1.54) is 12.4 Å². The molecular formula is C16H18F2N6O. The standard InChI is InChI=1S/C16H18F2N6O/c1-9(2)13-14(10(3)7-23(20-4)8-12(17)18)22-15-11(5-19)6-21-24(15)16(13)25/h6-7,9,12,22H,4,8H2,1-3H3/b10-7+. The molecule has 0 unspecified atom stereocenters. The van der Waals surface area contributed by atoms with Gasteiger partial charge < -0.3 is 4.98 Å². The second-order valence-electron chi connectivity index (χ2n) is 5.77. The fourth-order valence-electron chi connectivity index (χ4n) is 2.54. The first-order chi connectivity index (χ1) is 11.8. The fourth-order valence-corrected chi connectivity index (χ4v) is 2.54. The van der Waals surface area contributed by atoms with Crippen molar-refractivity contribution in [3.63, 3.8) is 0 Å². The maximum Gasteiger partial charge on any atom is 0.278 e. The number of hydrazone groups is 1. The number of nitrogens with zero attached hydrogens (tertiary/aromatic N) is 5. The van der Waals surface area contributed by atoms with Crippen LogP contribution in [-0.4, -0.2) is 39.3 Å². The predicted molar refractivity (Wildman–Crippen MR) is 90.5 cm³/mol. The average Bonchev–Trinajstić information content (AvgIpc) is 2.96. The van der Waals surface area contributed by atoms with Crippen LogP contribution < -0.4 is 5.56 Å². The summed E-state index contributed by atoms with van der Waals surface area (Å²) in [6.45, 7) is 8.01. The van der Waals surface area contributed by atoms with Crippen molar-refractivity contribution in [3.8, 4) is 6.07 Å². The first-order valence-corrected chi connectivity index (χ1v) is 7.54. The molecule has 0 saturated heterocycles. The molecule has 1 N–H and O–H groups in total. The number of rotatable bonds is 6. The molecule has 0 bridgehead atoms. The Kier molecular flexibility index (Phi) is 5.32. The zero-order valence-corrected chi connectivity index (χ0v) is 14.1. The summed E-state index contributed by atoms with van der Waals surface area (Å²) in [6, 6.07) is 1.96. The van der Waals surface area contributed by atoms with Gasteiger partial charge in [0.2, 0.25) is 0 Å². The number of fused-ring (bicyclic) bond motifs is 1. The average molecular weight is 348 g/mol. The lowest BCUT2D eigenvalue weighted by Gasteiger charge is -2.17. The Balaban J connectivity index is 2.70. The van der Waals surface area contributed by atoms with Gasteiger partial charge in [0, 0.05) is 18.5 Å². The minimum atomic E-state index is -2.58. The molecule has 0 fully saturated rings. The number of alkyl halides is 2. The van der Waals surface area contributed by atoms with Crippen LogP contribution in [0.1, 0.15) is 43.5 Å². The zero-order valence-electron chi connectivity index (χ0n) is 14.1. The van der Waals surface area contributed by atoms with Crippen molar-refractivity contribution in [2.45, 2.75) is 33.1 Å². The van der Waals surface area contributed by atoms with E-state index in [9.17, 15) is 13.6 Å². The number of aromatic nitrogens is 3. The zero-order chi connectivity index (χ0) is 18.7. The molecule has 0 aliphatic rings. The lowest BCUT2D eigenvalue weighted by Crippen LogP contribution is -2.24. The minimum Gasteiger partial charge on any atom is -0.338 e. The summed E-state index contributed by atoms with van der Waals surface area (Å²) in [5.74, 6) is -0.151. The van der Waals surface area contributed by atoms with Crippen molar-refractivity contribution in [3.05, 3.63) is 39.6 Å². The monoisotopic (exact) mass is 348 g/mol. The Morgan fingerprint density at radius 3 is 2.80 bits per heavy atom. The second-order valence-corrected chi connectivity index (χ2v) is 5.77. The lowest BCUT2D eigenvalue weighted by molar-refractivity contribution is 0.110. The Labute approximate surface area is 142 Å². The van der Waals surface area contributed by atoms with Crippen LogP contribution in [0.2, 0.25) is 0 Å². The van der Waals surface area contributed by atoms with Crippen LogP contribution in [0.15, 0.2) is 22.3 Å². The Hall–Kier alpha value is -3.02. The molecule has 0 saturated carbocycles. The van der Waals surface area contributed by atoms with Gasteiger partial charge in [0.05, 0.1) is 11.9 Å². The van der Waals surface area contributed by atoms with Gasteiger partial charge in [-0.05, 0) is 18.4 Å². The molecule has 9 heteroatoms. The van der Waals surface area contributed by atoms with E-state index in [1.807, 2.05) is 19.9 Å². The van der Waals surface area contributed by atoms with E-state index in [0.29, 0.717) is 16.8 Å². The topological polar surface area (TPSA) is 89.5 Å². The highest BCUT2D eigenvalue weighted by atomic mass is 19.3. The Bertz CT molecular complexity index is 919. The molecule has 0 radical (unpaired) electrons. The third kappa shape index (κ3) is 3.57. The summed E-state index contributed by atoms with van der Waals surface area (Å²) >= 11 is 0. The third-order valence-electron chi connectivity index (χ3n) is 3.65. The first kappa shape index (κ1) is 18.3. The lowest BCUT2D eigenvalue weighted by atomic mass is 9.99. The van der Waals surface area contributed by atoms with Gasteiger partial charge in [-0.3, -0.25) is 9.80 Å². The fraction of sp³-hybridized carbons (Fsp3) is 0.375. The highest BCUT2D eigenvalue weighted by Crippen LogP contribution is 2.23. The summed E-state index contributed by atoms with van der Waals surface area (Å²) in [4.78, 5) is 15.8. The molecule has 0 aromatic carbocycles. The van der Waals surface area contributed by atoms with E-state index in [2.05, 4.69) is 21.9 Å². The largest absolute Gasteiger partial charge is 0.338 e. The van der Waals surface area contributed by atoms with Gasteiger partial charge >= 0.3 is 0 Å². The normalized spacial score (nSPS) is 12.0. The van der Waals surface area contributed by atoms with Gasteiger partial charge in [0.25, 0.3) is 12.0 Å². The van der Waals surface area contributed by atoms with Crippen LogP contribution in [0.3, 0.4) is 0 Å². The first-order valence-electron chi connectivity index (χ1n) is 7.54. The molecule has 2 heterocycles. The van der Waals surface area contributed by atoms with Gasteiger partial charge in [-0.1, -0.05) is 13.8 Å². The summed E-state index contributed by atoms with van der Waals surface area (Å²) in [5, 5.41) is 17.6. The number of hydrogen-bond acceptors (Lipinski definition) is 5. The quantitative estimate of drug-likeness (QED) is 0.642. The smallest absolute Gasteiger partial charge is 0.278 e. The Morgan fingerprint density at radius 1 is 1.60 bits per heavy atom. The number of nitrogens with one attached hydrogen (secondary N) is 1. The van der Waals surface area contributed by atoms with Gasteiger partial charge in [0.15, 0.2) is 5.65 Å². The van der Waals surface area contributed by atoms with E-state index in [0.717, 1.165) is 9.52 Å². The van der Waals surface area contributed by atoms with Crippen LogP contribution in [0.4, 0.5) is 8.78 Å². The van der Waals surface area contributed by atoms with Crippen LogP contribution in [-0.2, 0) is 0 Å². The van der Waals surface area contributed by atoms with Crippen LogP contribution in [0, 0.1) is 11.3 Å². The number of hydrogen-bond donors (Lipinski definition) is 1. The molecule has 0 atom stereocenters. The maximum atomic E-state index is 12.7. The molecule has 132 valence electrons. The van der Waals surface area contributed by atoms with Crippen molar-refractivity contribution < 1.29 is 8.78 Å². The third-order valence-corrected chi connectivity index (χ3v) is 3.65. The molecule has 7 nitrogen and oxygen atoms in total. The van der Waals surface area contributed by atoms with E-state index in [4.69, 9.17) is 5.26 Å². The van der Waals surface area contributed by atoms with Gasteiger partial charge in [-0.15, -0.1) is 0 Å². The highest BCUT2D eigenvalue weighted by molar-refractivity contribution is 5.67. The van der Waals surface area contributed by atoms with Gasteiger partial charge in [-0.25, -0.2) is 8.78 Å². The molecule has 0 aliphatic carbocycles. The molecule has 0 aliphatic heterocycles. The molecular weight excluding hydrogens is 330 g/mol. The van der Waals surface area contributed by atoms with E-state index >= 15 is 0 Å². The summed E-state index contributed by atoms with van der Waals surface area (Å²) in [7, 11) is 0. The van der Waals surface area contributed by atoms with Gasteiger partial charge in [-0.2, -0.15) is 20.0 Å². The SMILES string of the molecule is C=NN(/C=C(\C)c1[nH]c2c(C#N)cnn2c(=O)c1C(C)C)CC(F)F. The molecule has 2 rings (SSSR count). The minimum absolute atomic E-state index is 0.151. The van der Waals surface area contributed by atoms with Gasteiger partial charge in [0.1, 0.15) is 18.2 Å². The molecule has 25 heavy (non-hydrogen) atoms. The van der Waals surface area contributed by atoms with E-state index < -0.39 is 13.0 Å². The van der Waals surface area contributed by atoms with Crippen LogP contribution in [0.5, 0.6) is 0 Å². The van der Waals surface area contributed by atoms with E-state index in [1.54, 1.807) is 6.92 Å². The summed E-state index contributed by atoms with van der Waals surface area (Å²) in [5.41, 5.74) is 1.52. The maximum absolute atomic E-state index is 12.7. The molecule has 0 amide bonds. The van der Waals surface area contributed by atoms with Crippen LogP contribution >= 0.6 is 0 Å². The van der Waals surface area contributed by atoms with Crippen molar-refractivity contribution in [2.75, 3.05) is 6.54 Å². The van der Waals surface area contributed by atoms with E-state index in [-0.39, 0.29) is 22.7 Å². The number of nitriles is 1. The number of allylic oxidation sites excluding steroid dienone is 1. The summed E-state index contributed by atoms with van der Waals surface area (Å²) in [6.07, 6.45) is 0.102. The molecule has 2 aromatic rings. The predicted octanol–water partition coefficient (Wildman–Crippen LogP) is 2.56. The number of halogens is 2. The summed E-state index contributed by atoms with van der Waals surface area (Å²) < 4.78 is 26.3.